The van der Waals surface area contributed by atoms with E-state index < -0.39 is 36.2 Å². The monoisotopic (exact) mass is 222 g/mol. The summed E-state index contributed by atoms with van der Waals surface area (Å²) in [5.74, 6) is 0. The summed E-state index contributed by atoms with van der Waals surface area (Å²) in [5.41, 5.74) is 0. The molecule has 0 unspecified atom stereocenters. The van der Waals surface area contributed by atoms with Gasteiger partial charge in [0.2, 0.25) is 0 Å². The van der Waals surface area contributed by atoms with Gasteiger partial charge >= 0.3 is 87.6 Å². The molecule has 6 rings (SSSR count). The molecule has 1 spiro atoms. The molecule has 14 heavy (non-hydrogen) atoms. The largest absolute Gasteiger partial charge is 1.00 e. The van der Waals surface area contributed by atoms with Crippen molar-refractivity contribution in [1.29, 1.82) is 0 Å². The quantitative estimate of drug-likeness (QED) is 0.375. The van der Waals surface area contributed by atoms with Crippen LogP contribution in [0.25, 0.3) is 0 Å². The number of hydrogen-bond donors (Lipinski definition) is 0. The van der Waals surface area contributed by atoms with Gasteiger partial charge < -0.3 is 36.6 Å². The fourth-order valence-electron chi connectivity index (χ4n) is 1.38. The predicted molar refractivity (Wildman–Crippen MR) is 37.4 cm³/mol. The summed E-state index contributed by atoms with van der Waals surface area (Å²) in [5, 5.41) is 0. The molecule has 64 valence electrons. The van der Waals surface area contributed by atoms with Gasteiger partial charge in [-0.2, -0.15) is 0 Å². The molecule has 6 aliphatic heterocycles. The average molecular weight is 221 g/mol. The summed E-state index contributed by atoms with van der Waals surface area (Å²) < 4.78 is 39.7. The van der Waals surface area contributed by atoms with Gasteiger partial charge in [0.15, 0.2) is 0 Å². The maximum Gasteiger partial charge on any atom is 1.00 e. The van der Waals surface area contributed by atoms with Crippen LogP contribution >= 0.6 is 0 Å². The maximum absolute atomic E-state index is 5.07. The summed E-state index contributed by atoms with van der Waals surface area (Å²) in [7, 11) is -3.13. The second-order valence-corrected chi connectivity index (χ2v) is 2.82. The van der Waals surface area contributed by atoms with Crippen LogP contribution in [0.2, 0.25) is 0 Å². The summed E-state index contributed by atoms with van der Waals surface area (Å²) >= 11 is 0. The minimum absolute atomic E-state index is 0. The van der Waals surface area contributed by atoms with Gasteiger partial charge in [0.1, 0.15) is 0 Å². The van der Waals surface area contributed by atoms with Crippen LogP contribution in [0.3, 0.4) is 0 Å². The fourth-order valence-corrected chi connectivity index (χ4v) is 1.38. The van der Waals surface area contributed by atoms with Gasteiger partial charge in [-0.05, 0) is 0 Å². The van der Waals surface area contributed by atoms with Gasteiger partial charge in [-0.3, -0.25) is 0 Å². The van der Waals surface area contributed by atoms with Crippen LogP contribution in [0.1, 0.15) is 0 Å². The van der Waals surface area contributed by atoms with Crippen molar-refractivity contribution in [2.24, 2.45) is 0 Å². The Morgan fingerprint density at radius 2 is 0.857 bits per heavy atom. The van der Waals surface area contributed by atoms with Crippen LogP contribution in [-0.4, -0.2) is 36.2 Å². The van der Waals surface area contributed by atoms with Crippen molar-refractivity contribution in [1.82, 2.24) is 0 Å². The Morgan fingerprint density at radius 1 is 0.571 bits per heavy atom. The second kappa shape index (κ2) is 3.57. The summed E-state index contributed by atoms with van der Waals surface area (Å²) in [6, 6.07) is 0. The Morgan fingerprint density at radius 3 is 1.14 bits per heavy atom. The van der Waals surface area contributed by atoms with E-state index >= 15 is 0 Å². The molecule has 6 aliphatic rings. The van der Waals surface area contributed by atoms with Gasteiger partial charge in [0.25, 0.3) is 0 Å². The van der Waals surface area contributed by atoms with E-state index in [1.165, 1.54) is 0 Å². The molecule has 0 amide bonds. The molecule has 0 aromatic carbocycles. The molecule has 6 saturated heterocycles. The fraction of sp³-hybridized carbons (Fsp3) is 0. The Kier molecular flexibility index (Phi) is 2.74. The molecular formula is B5KO8. The van der Waals surface area contributed by atoms with Gasteiger partial charge in [-0.25, -0.2) is 0 Å². The van der Waals surface area contributed by atoms with E-state index in [9.17, 15) is 0 Å². The smallest absolute Gasteiger partial charge is 0.540 e. The SMILES string of the molecule is O1B2OB1O[B-]1(O2)OB2OB(O2)O1.[K+]. The van der Waals surface area contributed by atoms with Crippen molar-refractivity contribution in [2.45, 2.75) is 0 Å². The zero-order valence-corrected chi connectivity index (χ0v) is 10.3. The third-order valence-corrected chi connectivity index (χ3v) is 2.00. The first-order valence-corrected chi connectivity index (χ1v) is 3.77. The standard InChI is InChI=1S/B5O8.K/c6-1-7-2(6)11-5(10-1)12-3-8-4(9-3)13-5;/q-1;+1. The van der Waals surface area contributed by atoms with Crippen molar-refractivity contribution in [3.05, 3.63) is 0 Å². The second-order valence-electron chi connectivity index (χ2n) is 2.82. The molecule has 0 N–H and O–H groups in total. The molecule has 0 aromatic heterocycles. The molecule has 4 bridgehead atoms. The van der Waals surface area contributed by atoms with Gasteiger partial charge in [-0.1, -0.05) is 0 Å². The van der Waals surface area contributed by atoms with Crippen LogP contribution in [0.15, 0.2) is 0 Å². The van der Waals surface area contributed by atoms with Crippen molar-refractivity contribution in [3.63, 3.8) is 0 Å². The van der Waals surface area contributed by atoms with Crippen molar-refractivity contribution in [3.8, 4) is 0 Å². The Bertz CT molecular complexity index is 199. The van der Waals surface area contributed by atoms with Gasteiger partial charge in [0.05, 0.1) is 0 Å². The molecule has 6 fully saturated rings. The molecule has 0 saturated carbocycles. The first-order chi connectivity index (χ1) is 6.31. The average Bonchev–Trinajstić information content (AvgIpc) is 1.99. The molecule has 8 nitrogen and oxygen atoms in total. The summed E-state index contributed by atoms with van der Waals surface area (Å²) in [4.78, 5) is 0. The predicted octanol–water partition coefficient (Wildman–Crippen LogP) is -5.45. The van der Waals surface area contributed by atoms with E-state index in [1.807, 2.05) is 0 Å². The van der Waals surface area contributed by atoms with E-state index in [1.54, 1.807) is 0 Å². The maximum atomic E-state index is 5.07. The topological polar surface area (TPSA) is 73.8 Å². The molecule has 0 aromatic rings. The van der Waals surface area contributed by atoms with E-state index in [-0.39, 0.29) is 51.4 Å². The van der Waals surface area contributed by atoms with Crippen molar-refractivity contribution in [2.75, 3.05) is 0 Å². The molecule has 0 atom stereocenters. The Balaban J connectivity index is 0.000000640. The van der Waals surface area contributed by atoms with E-state index in [0.717, 1.165) is 0 Å². The van der Waals surface area contributed by atoms with E-state index in [0.29, 0.717) is 0 Å². The van der Waals surface area contributed by atoms with Crippen LogP contribution < -0.4 is 51.4 Å². The van der Waals surface area contributed by atoms with Gasteiger partial charge in [0, 0.05) is 0 Å². The molecule has 0 radical (unpaired) electrons. The van der Waals surface area contributed by atoms with E-state index in [2.05, 4.69) is 0 Å². The molecule has 6 heterocycles. The Labute approximate surface area is 123 Å². The minimum atomic E-state index is -2.27. The number of rotatable bonds is 0. The van der Waals surface area contributed by atoms with Crippen LogP contribution in [0, 0.1) is 0 Å². The Hall–Kier alpha value is 1.64. The van der Waals surface area contributed by atoms with Crippen molar-refractivity contribution >= 4 is 36.2 Å². The third kappa shape index (κ3) is 1.54. The third-order valence-electron chi connectivity index (χ3n) is 2.00. The number of hydrogen-bond acceptors (Lipinski definition) is 8. The molecule has 14 heteroatoms. The summed E-state index contributed by atoms with van der Waals surface area (Å²) in [6.07, 6.45) is 0. The van der Waals surface area contributed by atoms with Crippen LogP contribution in [0.4, 0.5) is 0 Å². The zero-order valence-electron chi connectivity index (χ0n) is 7.15. The molecular weight excluding hydrogens is 221 g/mol. The first-order valence-electron chi connectivity index (χ1n) is 3.77. The van der Waals surface area contributed by atoms with Crippen LogP contribution in [0.5, 0.6) is 0 Å². The zero-order chi connectivity index (χ0) is 8.47. The normalized spacial score (nSPS) is 30.9. The molecule has 0 aliphatic carbocycles. The van der Waals surface area contributed by atoms with Gasteiger partial charge in [-0.15, -0.1) is 0 Å². The first kappa shape index (κ1) is 10.8. The minimum Gasteiger partial charge on any atom is -0.540 e. The van der Waals surface area contributed by atoms with E-state index in [4.69, 9.17) is 36.6 Å². The van der Waals surface area contributed by atoms with Crippen molar-refractivity contribution < 1.29 is 88.0 Å². The summed E-state index contributed by atoms with van der Waals surface area (Å²) in [6.45, 7) is -2.27. The van der Waals surface area contributed by atoms with Crippen LogP contribution in [-0.2, 0) is 36.6 Å².